The van der Waals surface area contributed by atoms with Gasteiger partial charge in [0.25, 0.3) is 0 Å². The Hall–Kier alpha value is 1.37. The Labute approximate surface area is 54.5 Å². The molecule has 22 valence electrons. The topological polar surface area (TPSA) is 34.1 Å². The Morgan fingerprint density at radius 3 is 0.750 bits per heavy atom. The third-order valence-corrected chi connectivity index (χ3v) is 0. The van der Waals surface area contributed by atoms with Crippen LogP contribution >= 0.6 is 0 Å². The molecule has 0 saturated carbocycles. The van der Waals surface area contributed by atoms with E-state index in [0.29, 0.717) is 0 Å². The zero-order chi connectivity index (χ0) is 4.00. The number of hydrogen-bond acceptors (Lipinski definition) is 2. The van der Waals surface area contributed by atoms with Crippen LogP contribution in [0, 0.1) is 0 Å². The predicted molar refractivity (Wildman–Crippen MR) is 12.9 cm³/mol. The summed E-state index contributed by atoms with van der Waals surface area (Å²) in [5.41, 5.74) is 0. The molecule has 0 aromatic rings. The fourth-order valence-corrected chi connectivity index (χ4v) is 0. The van der Waals surface area contributed by atoms with Gasteiger partial charge in [-0.1, -0.05) is 0 Å². The third kappa shape index (κ3) is 10.1. The SMILES string of the molecule is [O]=[Bi].[O]=[Bi]. The molecule has 4 heteroatoms. The van der Waals surface area contributed by atoms with Crippen LogP contribution in [0.2, 0.25) is 0 Å². The molecule has 0 aliphatic rings. The first-order valence-electron chi connectivity index (χ1n) is 0.365. The summed E-state index contributed by atoms with van der Waals surface area (Å²) in [7, 11) is 0. The molecule has 0 aliphatic carbocycles. The Balaban J connectivity index is 0. The summed E-state index contributed by atoms with van der Waals surface area (Å²) in [6.07, 6.45) is 0. The minimum atomic E-state index is 0.194. The first-order chi connectivity index (χ1) is 2.00. The van der Waals surface area contributed by atoms with Crippen molar-refractivity contribution in [2.24, 2.45) is 0 Å². The molecule has 0 spiro atoms. The van der Waals surface area contributed by atoms with E-state index < -0.39 is 0 Å². The van der Waals surface area contributed by atoms with Gasteiger partial charge in [0.05, 0.1) is 0 Å². The molecule has 0 unspecified atom stereocenters. The fraction of sp³-hybridized carbons (Fsp3) is 0. The van der Waals surface area contributed by atoms with E-state index in [1.807, 2.05) is 0 Å². The van der Waals surface area contributed by atoms with Crippen LogP contribution in [0.4, 0.5) is 0 Å². The molecule has 0 amide bonds. The van der Waals surface area contributed by atoms with Gasteiger partial charge in [0.2, 0.25) is 0 Å². The second-order valence-electron chi connectivity index (χ2n) is 0. The Bertz CT molecular complexity index is 6.00. The maximum atomic E-state index is 8.36. The monoisotopic (exact) mass is 450 g/mol. The molecule has 2 nitrogen and oxygen atoms in total. The molecule has 0 fully saturated rings. The standard InChI is InChI=1S/2Bi.2O. The summed E-state index contributed by atoms with van der Waals surface area (Å²) < 4.78 is 16.7. The Morgan fingerprint density at radius 2 is 0.750 bits per heavy atom. The molecule has 4 heavy (non-hydrogen) atoms. The van der Waals surface area contributed by atoms with Crippen molar-refractivity contribution in [3.63, 3.8) is 0 Å². The van der Waals surface area contributed by atoms with Gasteiger partial charge in [0.1, 0.15) is 0 Å². The van der Waals surface area contributed by atoms with E-state index in [2.05, 4.69) is 0 Å². The van der Waals surface area contributed by atoms with Crippen molar-refractivity contribution in [2.75, 3.05) is 0 Å². The zero-order valence-corrected chi connectivity index (χ0v) is 8.67. The van der Waals surface area contributed by atoms with E-state index in [-0.39, 0.29) is 49.4 Å². The second kappa shape index (κ2) is 26.5. The molecule has 0 aromatic heterocycles. The van der Waals surface area contributed by atoms with E-state index in [9.17, 15) is 0 Å². The van der Waals surface area contributed by atoms with Gasteiger partial charge in [0.15, 0.2) is 0 Å². The molecule has 0 aliphatic heterocycles. The molecule has 0 aromatic carbocycles. The predicted octanol–water partition coefficient (Wildman–Crippen LogP) is -0.999. The minimum absolute atomic E-state index is 0.194. The van der Waals surface area contributed by atoms with E-state index in [0.717, 1.165) is 0 Å². The Kier molecular flexibility index (Phi) is 59.8. The molecule has 0 rings (SSSR count). The molecule has 0 heterocycles. The Morgan fingerprint density at radius 1 is 0.750 bits per heavy atom. The van der Waals surface area contributed by atoms with Gasteiger partial charge >= 0.3 is 55.1 Å². The van der Waals surface area contributed by atoms with Crippen LogP contribution < -0.4 is 0 Å². The molecule has 0 N–H and O–H groups in total. The average Bonchev–Trinajstić information content (AvgIpc) is 1.50. The molecular weight excluding hydrogens is 450 g/mol. The summed E-state index contributed by atoms with van der Waals surface area (Å²) in [5.74, 6) is 0. The van der Waals surface area contributed by atoms with Crippen LogP contribution in [0.15, 0.2) is 0 Å². The first-order valence-corrected chi connectivity index (χ1v) is 3.20. The summed E-state index contributed by atoms with van der Waals surface area (Å²) in [6.45, 7) is 0. The summed E-state index contributed by atoms with van der Waals surface area (Å²) in [4.78, 5) is 0. The van der Waals surface area contributed by atoms with Crippen LogP contribution in [-0.2, 0) is 5.63 Å². The first kappa shape index (κ1) is 9.03. The van der Waals surface area contributed by atoms with Crippen LogP contribution in [0.25, 0.3) is 0 Å². The van der Waals surface area contributed by atoms with E-state index in [1.54, 1.807) is 0 Å². The molecular formula is Bi2O2. The van der Waals surface area contributed by atoms with Gasteiger partial charge in [-0.2, -0.15) is 0 Å². The van der Waals surface area contributed by atoms with Gasteiger partial charge in [0, 0.05) is 0 Å². The van der Waals surface area contributed by atoms with Crippen molar-refractivity contribution in [3.8, 4) is 0 Å². The van der Waals surface area contributed by atoms with Crippen LogP contribution in [-0.4, -0.2) is 49.4 Å². The number of rotatable bonds is 0. The zero-order valence-electron chi connectivity index (χ0n) is 1.71. The summed E-state index contributed by atoms with van der Waals surface area (Å²) in [5, 5.41) is 0. The molecule has 0 bridgehead atoms. The van der Waals surface area contributed by atoms with Gasteiger partial charge in [-0.25, -0.2) is 0 Å². The van der Waals surface area contributed by atoms with E-state index in [1.165, 1.54) is 0 Å². The van der Waals surface area contributed by atoms with E-state index in [4.69, 9.17) is 5.63 Å². The van der Waals surface area contributed by atoms with Crippen molar-refractivity contribution < 1.29 is 5.63 Å². The van der Waals surface area contributed by atoms with Crippen molar-refractivity contribution in [3.05, 3.63) is 0 Å². The number of hydrogen-bond donors (Lipinski definition) is 0. The van der Waals surface area contributed by atoms with Crippen LogP contribution in [0.5, 0.6) is 0 Å². The molecule has 0 atom stereocenters. The van der Waals surface area contributed by atoms with E-state index >= 15 is 0 Å². The van der Waals surface area contributed by atoms with Crippen LogP contribution in [0.1, 0.15) is 0 Å². The van der Waals surface area contributed by atoms with Crippen molar-refractivity contribution >= 4 is 49.4 Å². The summed E-state index contributed by atoms with van der Waals surface area (Å²) in [6, 6.07) is 0. The molecule has 2 radical (unpaired) electrons. The van der Waals surface area contributed by atoms with Gasteiger partial charge < -0.3 is 0 Å². The average molecular weight is 450 g/mol. The summed E-state index contributed by atoms with van der Waals surface area (Å²) >= 11 is 0.389. The van der Waals surface area contributed by atoms with Gasteiger partial charge in [-0.05, 0) is 0 Å². The maximum absolute atomic E-state index is 8.36. The van der Waals surface area contributed by atoms with Crippen LogP contribution in [0.3, 0.4) is 0 Å². The fourth-order valence-electron chi connectivity index (χ4n) is 0. The second-order valence-corrected chi connectivity index (χ2v) is 0. The quantitative estimate of drug-likeness (QED) is 0.445. The third-order valence-electron chi connectivity index (χ3n) is 0. The van der Waals surface area contributed by atoms with Crippen molar-refractivity contribution in [2.45, 2.75) is 0 Å². The van der Waals surface area contributed by atoms with Crippen molar-refractivity contribution in [1.82, 2.24) is 0 Å². The normalized spacial score (nSPS) is 2.00. The van der Waals surface area contributed by atoms with Gasteiger partial charge in [-0.3, -0.25) is 0 Å². The van der Waals surface area contributed by atoms with Crippen molar-refractivity contribution in [1.29, 1.82) is 0 Å². The molecule has 0 saturated heterocycles. The van der Waals surface area contributed by atoms with Gasteiger partial charge in [-0.15, -0.1) is 0 Å².